The predicted molar refractivity (Wildman–Crippen MR) is 84.5 cm³/mol. The number of nitro benzene ring substituents is 1. The van der Waals surface area contributed by atoms with Gasteiger partial charge in [-0.2, -0.15) is 0 Å². The molecule has 0 bridgehead atoms. The first kappa shape index (κ1) is 14.5. The quantitative estimate of drug-likeness (QED) is 0.454. The van der Waals surface area contributed by atoms with E-state index >= 15 is 0 Å². The van der Waals surface area contributed by atoms with Crippen molar-refractivity contribution in [1.82, 2.24) is 0 Å². The number of para-hydroxylation sites is 2. The van der Waals surface area contributed by atoms with Crippen LogP contribution in [0.1, 0.15) is 5.56 Å². The largest absolute Gasteiger partial charge is 0.480 e. The van der Waals surface area contributed by atoms with Crippen molar-refractivity contribution < 1.29 is 14.4 Å². The molecule has 1 aromatic heterocycles. The van der Waals surface area contributed by atoms with Gasteiger partial charge in [-0.3, -0.25) is 10.1 Å². The van der Waals surface area contributed by atoms with Crippen molar-refractivity contribution in [3.63, 3.8) is 0 Å². The molecule has 0 saturated heterocycles. The second-order valence-corrected chi connectivity index (χ2v) is 4.66. The van der Waals surface area contributed by atoms with Crippen LogP contribution >= 0.6 is 0 Å². The van der Waals surface area contributed by atoms with Gasteiger partial charge in [0.2, 0.25) is 0 Å². The lowest BCUT2D eigenvalue weighted by Gasteiger charge is -2.02. The first-order valence-corrected chi connectivity index (χ1v) is 6.60. The van der Waals surface area contributed by atoms with Crippen LogP contribution in [0.15, 0.2) is 62.7 Å². The molecule has 1 heterocycles. The molecule has 1 N–H and O–H groups in total. The summed E-state index contributed by atoms with van der Waals surface area (Å²) in [6, 6.07) is 12.5. The highest BCUT2D eigenvalue weighted by Crippen LogP contribution is 2.28. The summed E-state index contributed by atoms with van der Waals surface area (Å²) in [5.41, 5.74) is -0.517. The van der Waals surface area contributed by atoms with Crippen molar-refractivity contribution in [3.8, 4) is 5.95 Å². The molecule has 0 aliphatic carbocycles. The Morgan fingerprint density at radius 3 is 2.48 bits per heavy atom. The van der Waals surface area contributed by atoms with Crippen LogP contribution in [0.2, 0.25) is 0 Å². The normalized spacial score (nSPS) is 11.1. The van der Waals surface area contributed by atoms with Crippen LogP contribution in [0, 0.1) is 10.1 Å². The average Bonchev–Trinajstić information content (AvgIpc) is 2.55. The molecule has 114 valence electrons. The summed E-state index contributed by atoms with van der Waals surface area (Å²) in [5.74, 6) is -0.587. The van der Waals surface area contributed by atoms with Crippen molar-refractivity contribution in [2.24, 2.45) is 4.99 Å². The van der Waals surface area contributed by atoms with E-state index in [0.717, 1.165) is 0 Å². The molecular formula is C16H10N2O5. The number of benzene rings is 2. The van der Waals surface area contributed by atoms with E-state index in [4.69, 9.17) is 4.42 Å². The lowest BCUT2D eigenvalue weighted by Crippen LogP contribution is -2.01. The third-order valence-corrected chi connectivity index (χ3v) is 3.27. The van der Waals surface area contributed by atoms with Gasteiger partial charge in [0.05, 0.1) is 15.9 Å². The highest BCUT2D eigenvalue weighted by atomic mass is 16.6. The van der Waals surface area contributed by atoms with Crippen LogP contribution in [0.3, 0.4) is 0 Å². The van der Waals surface area contributed by atoms with Crippen LogP contribution < -0.4 is 5.63 Å². The van der Waals surface area contributed by atoms with E-state index in [1.54, 1.807) is 30.3 Å². The molecular weight excluding hydrogens is 300 g/mol. The number of aliphatic imine (C=N–C) groups is 1. The molecule has 0 saturated carbocycles. The van der Waals surface area contributed by atoms with Crippen molar-refractivity contribution in [2.45, 2.75) is 0 Å². The van der Waals surface area contributed by atoms with E-state index in [1.807, 2.05) is 0 Å². The Balaban J connectivity index is 2.16. The second kappa shape index (κ2) is 5.72. The Bertz CT molecular complexity index is 991. The van der Waals surface area contributed by atoms with E-state index in [1.165, 1.54) is 24.4 Å². The Morgan fingerprint density at radius 2 is 1.74 bits per heavy atom. The van der Waals surface area contributed by atoms with Gasteiger partial charge in [0.15, 0.2) is 0 Å². The summed E-state index contributed by atoms with van der Waals surface area (Å²) in [6.45, 7) is 0. The van der Waals surface area contributed by atoms with Gasteiger partial charge in [0, 0.05) is 17.7 Å². The number of nitrogens with zero attached hydrogens (tertiary/aromatic N) is 2. The number of hydrogen-bond donors (Lipinski definition) is 1. The maximum absolute atomic E-state index is 11.7. The van der Waals surface area contributed by atoms with Crippen LogP contribution in [0.4, 0.5) is 11.4 Å². The summed E-state index contributed by atoms with van der Waals surface area (Å²) < 4.78 is 4.76. The highest BCUT2D eigenvalue weighted by molar-refractivity contribution is 6.01. The zero-order valence-electron chi connectivity index (χ0n) is 11.7. The fraction of sp³-hybridized carbons (Fsp3) is 0. The maximum Gasteiger partial charge on any atom is 0.346 e. The van der Waals surface area contributed by atoms with Gasteiger partial charge in [-0.1, -0.05) is 30.3 Å². The number of hydrogen-bond acceptors (Lipinski definition) is 6. The van der Waals surface area contributed by atoms with Crippen molar-refractivity contribution >= 4 is 28.4 Å². The summed E-state index contributed by atoms with van der Waals surface area (Å²) >= 11 is 0. The molecule has 0 aliphatic rings. The molecule has 23 heavy (non-hydrogen) atoms. The summed E-state index contributed by atoms with van der Waals surface area (Å²) in [5, 5.41) is 21.6. The zero-order valence-corrected chi connectivity index (χ0v) is 11.7. The molecule has 0 fully saturated rings. The number of rotatable bonds is 3. The molecule has 0 spiro atoms. The third kappa shape index (κ3) is 2.67. The zero-order chi connectivity index (χ0) is 16.4. The standard InChI is InChI=1S/C16H10N2O5/c19-15-11-6-2-1-5-10(11)12(16(20)23-15)9-17-13-7-3-4-8-14(13)18(21)22/h1-9,20H. The van der Waals surface area contributed by atoms with Gasteiger partial charge < -0.3 is 9.52 Å². The Kier molecular flexibility index (Phi) is 3.60. The van der Waals surface area contributed by atoms with E-state index in [2.05, 4.69) is 4.99 Å². The SMILES string of the molecule is O=c1oc(O)c(C=Nc2ccccc2[N+](=O)[O-])c2ccccc12. The number of nitro groups is 1. The summed E-state index contributed by atoms with van der Waals surface area (Å²) in [6.07, 6.45) is 1.24. The van der Waals surface area contributed by atoms with Crippen molar-refractivity contribution in [3.05, 3.63) is 74.6 Å². The molecule has 3 rings (SSSR count). The minimum absolute atomic E-state index is 0.132. The third-order valence-electron chi connectivity index (χ3n) is 3.27. The Labute approximate surface area is 129 Å². The Hall–Kier alpha value is -3.48. The lowest BCUT2D eigenvalue weighted by atomic mass is 10.1. The maximum atomic E-state index is 11.7. The van der Waals surface area contributed by atoms with E-state index in [0.29, 0.717) is 5.39 Å². The molecule has 0 aliphatic heterocycles. The van der Waals surface area contributed by atoms with Crippen LogP contribution in [-0.2, 0) is 0 Å². The molecule has 3 aromatic rings. The van der Waals surface area contributed by atoms with E-state index < -0.39 is 16.5 Å². The minimum atomic E-state index is -0.666. The van der Waals surface area contributed by atoms with Crippen LogP contribution in [0.25, 0.3) is 10.8 Å². The lowest BCUT2D eigenvalue weighted by molar-refractivity contribution is -0.384. The van der Waals surface area contributed by atoms with Gasteiger partial charge in [0.1, 0.15) is 5.69 Å². The summed E-state index contributed by atoms with van der Waals surface area (Å²) in [7, 11) is 0. The predicted octanol–water partition coefficient (Wildman–Crippen LogP) is 3.16. The van der Waals surface area contributed by atoms with Gasteiger partial charge in [0.25, 0.3) is 11.6 Å². The fourth-order valence-corrected chi connectivity index (χ4v) is 2.20. The average molecular weight is 310 g/mol. The van der Waals surface area contributed by atoms with Crippen molar-refractivity contribution in [1.29, 1.82) is 0 Å². The second-order valence-electron chi connectivity index (χ2n) is 4.66. The van der Waals surface area contributed by atoms with E-state index in [9.17, 15) is 20.0 Å². The number of aromatic hydroxyl groups is 1. The molecule has 7 heteroatoms. The first-order chi connectivity index (χ1) is 11.1. The van der Waals surface area contributed by atoms with Gasteiger partial charge in [-0.05, 0) is 12.1 Å². The molecule has 2 aromatic carbocycles. The van der Waals surface area contributed by atoms with Gasteiger partial charge in [-0.15, -0.1) is 0 Å². The fourth-order valence-electron chi connectivity index (χ4n) is 2.20. The molecule has 0 unspecified atom stereocenters. The monoisotopic (exact) mass is 310 g/mol. The van der Waals surface area contributed by atoms with Gasteiger partial charge in [-0.25, -0.2) is 9.79 Å². The Morgan fingerprint density at radius 1 is 1.09 bits per heavy atom. The van der Waals surface area contributed by atoms with E-state index in [-0.39, 0.29) is 22.3 Å². The molecule has 7 nitrogen and oxygen atoms in total. The summed E-state index contributed by atoms with van der Waals surface area (Å²) in [4.78, 5) is 26.2. The van der Waals surface area contributed by atoms with Gasteiger partial charge >= 0.3 is 5.63 Å². The number of fused-ring (bicyclic) bond motifs is 1. The molecule has 0 radical (unpaired) electrons. The van der Waals surface area contributed by atoms with Crippen LogP contribution in [-0.4, -0.2) is 16.2 Å². The van der Waals surface area contributed by atoms with Crippen LogP contribution in [0.5, 0.6) is 5.95 Å². The van der Waals surface area contributed by atoms with Crippen molar-refractivity contribution in [2.75, 3.05) is 0 Å². The smallest absolute Gasteiger partial charge is 0.346 e. The first-order valence-electron chi connectivity index (χ1n) is 6.60. The molecule has 0 atom stereocenters. The highest BCUT2D eigenvalue weighted by Gasteiger charge is 2.13. The topological polar surface area (TPSA) is 106 Å². The minimum Gasteiger partial charge on any atom is -0.480 e. The molecule has 0 amide bonds.